The molecule has 2 N–H and O–H groups in total. The van der Waals surface area contributed by atoms with Gasteiger partial charge in [0, 0.05) is 44.6 Å². The van der Waals surface area contributed by atoms with Crippen molar-refractivity contribution in [3.8, 4) is 0 Å². The Labute approximate surface area is 165 Å². The van der Waals surface area contributed by atoms with Crippen molar-refractivity contribution < 1.29 is 4.74 Å². The highest BCUT2D eigenvalue weighted by Gasteiger charge is 2.07. The second-order valence-corrected chi connectivity index (χ2v) is 7.58. The molecule has 0 aliphatic heterocycles. The van der Waals surface area contributed by atoms with E-state index in [0.29, 0.717) is 6.54 Å². The average Bonchev–Trinajstić information content (AvgIpc) is 3.14. The molecule has 0 aliphatic rings. The molecule has 0 saturated heterocycles. The van der Waals surface area contributed by atoms with Crippen molar-refractivity contribution in [3.05, 3.63) is 27.2 Å². The minimum absolute atomic E-state index is 0.480. The number of aliphatic imine (C=N–C) groups is 1. The Balaban J connectivity index is 1.89. The molecule has 8 nitrogen and oxygen atoms in total. The Bertz CT molecular complexity index is 719. The zero-order valence-electron chi connectivity index (χ0n) is 17.0. The standard InChI is InChI=1S/C18H31N7OS/c1-6-26-11-7-9-19-18(21-12-16-24-23-15(4)25(16)5)20-10-8-17-22-13(2)14(3)27-17/h6-12H2,1-5H3,(H2,19,20,21). The predicted octanol–water partition coefficient (Wildman–Crippen LogP) is 1.90. The van der Waals surface area contributed by atoms with Crippen LogP contribution in [0.25, 0.3) is 0 Å². The number of aryl methyl sites for hydroxylation is 3. The number of nitrogens with zero attached hydrogens (tertiary/aromatic N) is 5. The number of hydrogen-bond donors (Lipinski definition) is 2. The van der Waals surface area contributed by atoms with Crippen LogP contribution in [0.15, 0.2) is 4.99 Å². The van der Waals surface area contributed by atoms with Crippen molar-refractivity contribution in [1.29, 1.82) is 0 Å². The van der Waals surface area contributed by atoms with Crippen LogP contribution in [0.3, 0.4) is 0 Å². The van der Waals surface area contributed by atoms with E-state index in [2.05, 4.69) is 44.7 Å². The Morgan fingerprint density at radius 1 is 1.19 bits per heavy atom. The summed E-state index contributed by atoms with van der Waals surface area (Å²) in [4.78, 5) is 10.5. The molecule has 27 heavy (non-hydrogen) atoms. The molecule has 0 atom stereocenters. The van der Waals surface area contributed by atoms with Crippen LogP contribution in [-0.4, -0.2) is 52.0 Å². The fourth-order valence-corrected chi connectivity index (χ4v) is 3.31. The molecular formula is C18H31N7OS. The van der Waals surface area contributed by atoms with Crippen molar-refractivity contribution in [2.75, 3.05) is 26.3 Å². The van der Waals surface area contributed by atoms with Crippen LogP contribution >= 0.6 is 11.3 Å². The van der Waals surface area contributed by atoms with E-state index in [0.717, 1.165) is 67.5 Å². The van der Waals surface area contributed by atoms with Gasteiger partial charge in [-0.2, -0.15) is 0 Å². The number of rotatable bonds is 10. The maximum absolute atomic E-state index is 5.39. The molecule has 0 unspecified atom stereocenters. The van der Waals surface area contributed by atoms with Crippen LogP contribution in [0.2, 0.25) is 0 Å². The molecule has 2 aromatic rings. The SMILES string of the molecule is CCOCCCNC(=NCc1nnc(C)n1C)NCCc1nc(C)c(C)s1. The molecule has 0 radical (unpaired) electrons. The van der Waals surface area contributed by atoms with E-state index in [9.17, 15) is 0 Å². The van der Waals surface area contributed by atoms with Gasteiger partial charge in [-0.25, -0.2) is 9.98 Å². The second kappa shape index (κ2) is 11.0. The van der Waals surface area contributed by atoms with Gasteiger partial charge in [0.2, 0.25) is 0 Å². The highest BCUT2D eigenvalue weighted by atomic mass is 32.1. The van der Waals surface area contributed by atoms with Crippen LogP contribution in [0.1, 0.15) is 40.6 Å². The minimum atomic E-state index is 0.480. The van der Waals surface area contributed by atoms with Gasteiger partial charge in [0.05, 0.1) is 10.7 Å². The molecule has 0 aliphatic carbocycles. The van der Waals surface area contributed by atoms with E-state index in [4.69, 9.17) is 4.74 Å². The van der Waals surface area contributed by atoms with Crippen LogP contribution in [0.4, 0.5) is 0 Å². The Hall–Kier alpha value is -2.00. The van der Waals surface area contributed by atoms with Gasteiger partial charge in [0.15, 0.2) is 11.8 Å². The van der Waals surface area contributed by atoms with Crippen molar-refractivity contribution in [3.63, 3.8) is 0 Å². The summed E-state index contributed by atoms with van der Waals surface area (Å²) in [5.41, 5.74) is 1.12. The lowest BCUT2D eigenvalue weighted by Crippen LogP contribution is -2.39. The summed E-state index contributed by atoms with van der Waals surface area (Å²) in [6, 6.07) is 0. The zero-order chi connectivity index (χ0) is 19.6. The van der Waals surface area contributed by atoms with E-state index in [1.165, 1.54) is 4.88 Å². The number of thiazole rings is 1. The number of aromatic nitrogens is 4. The molecule has 0 fully saturated rings. The van der Waals surface area contributed by atoms with Gasteiger partial charge in [0.25, 0.3) is 0 Å². The minimum Gasteiger partial charge on any atom is -0.382 e. The molecule has 0 aromatic carbocycles. The molecular weight excluding hydrogens is 362 g/mol. The third kappa shape index (κ3) is 6.91. The Morgan fingerprint density at radius 3 is 2.59 bits per heavy atom. The van der Waals surface area contributed by atoms with Crippen LogP contribution in [0.5, 0.6) is 0 Å². The van der Waals surface area contributed by atoms with E-state index in [1.807, 2.05) is 25.5 Å². The lowest BCUT2D eigenvalue weighted by molar-refractivity contribution is 0.145. The lowest BCUT2D eigenvalue weighted by Gasteiger charge is -2.12. The fraction of sp³-hybridized carbons (Fsp3) is 0.667. The first kappa shape index (κ1) is 21.3. The molecule has 0 bridgehead atoms. The largest absolute Gasteiger partial charge is 0.382 e. The summed E-state index contributed by atoms with van der Waals surface area (Å²) in [6.07, 6.45) is 1.81. The van der Waals surface area contributed by atoms with Gasteiger partial charge in [0.1, 0.15) is 12.4 Å². The van der Waals surface area contributed by atoms with Crippen LogP contribution in [-0.2, 0) is 24.8 Å². The Kier molecular flexibility index (Phi) is 8.66. The summed E-state index contributed by atoms with van der Waals surface area (Å²) in [6.45, 7) is 11.7. The van der Waals surface area contributed by atoms with Crippen molar-refractivity contribution in [2.24, 2.45) is 12.0 Å². The van der Waals surface area contributed by atoms with Gasteiger partial charge in [-0.15, -0.1) is 21.5 Å². The van der Waals surface area contributed by atoms with E-state index >= 15 is 0 Å². The molecule has 2 rings (SSSR count). The third-order valence-corrected chi connectivity index (χ3v) is 5.36. The summed E-state index contributed by atoms with van der Waals surface area (Å²) < 4.78 is 7.34. The van der Waals surface area contributed by atoms with Gasteiger partial charge < -0.3 is 19.9 Å². The zero-order valence-corrected chi connectivity index (χ0v) is 17.8. The Morgan fingerprint density at radius 2 is 1.96 bits per heavy atom. The first-order valence-corrected chi connectivity index (χ1v) is 10.2. The number of nitrogens with one attached hydrogen (secondary N) is 2. The topological polar surface area (TPSA) is 89.2 Å². The van der Waals surface area contributed by atoms with Crippen LogP contribution < -0.4 is 10.6 Å². The molecule has 0 amide bonds. The van der Waals surface area contributed by atoms with Crippen molar-refractivity contribution >= 4 is 17.3 Å². The monoisotopic (exact) mass is 393 g/mol. The molecule has 2 aromatic heterocycles. The normalized spacial score (nSPS) is 11.8. The lowest BCUT2D eigenvalue weighted by atomic mass is 10.4. The summed E-state index contributed by atoms with van der Waals surface area (Å²) in [5, 5.41) is 16.2. The van der Waals surface area contributed by atoms with E-state index < -0.39 is 0 Å². The molecule has 0 spiro atoms. The fourth-order valence-electron chi connectivity index (χ4n) is 2.37. The second-order valence-electron chi connectivity index (χ2n) is 6.29. The maximum Gasteiger partial charge on any atom is 0.191 e. The average molecular weight is 394 g/mol. The quantitative estimate of drug-likeness (QED) is 0.364. The van der Waals surface area contributed by atoms with Crippen LogP contribution in [0, 0.1) is 20.8 Å². The summed E-state index contributed by atoms with van der Waals surface area (Å²) >= 11 is 1.76. The number of ether oxygens (including phenoxy) is 1. The summed E-state index contributed by atoms with van der Waals surface area (Å²) in [5.74, 6) is 2.50. The predicted molar refractivity (Wildman–Crippen MR) is 109 cm³/mol. The molecule has 0 saturated carbocycles. The van der Waals surface area contributed by atoms with Crippen molar-refractivity contribution in [1.82, 2.24) is 30.4 Å². The molecule has 2 heterocycles. The first-order chi connectivity index (χ1) is 13.0. The summed E-state index contributed by atoms with van der Waals surface area (Å²) in [7, 11) is 1.95. The highest BCUT2D eigenvalue weighted by molar-refractivity contribution is 7.11. The van der Waals surface area contributed by atoms with Gasteiger partial charge in [-0.1, -0.05) is 0 Å². The van der Waals surface area contributed by atoms with Crippen molar-refractivity contribution in [2.45, 2.75) is 47.1 Å². The molecule has 150 valence electrons. The number of hydrogen-bond acceptors (Lipinski definition) is 6. The highest BCUT2D eigenvalue weighted by Crippen LogP contribution is 2.16. The third-order valence-electron chi connectivity index (χ3n) is 4.23. The molecule has 9 heteroatoms. The van der Waals surface area contributed by atoms with Gasteiger partial charge in [-0.05, 0) is 34.1 Å². The first-order valence-electron chi connectivity index (χ1n) is 9.39. The maximum atomic E-state index is 5.39. The van der Waals surface area contributed by atoms with Gasteiger partial charge in [-0.3, -0.25) is 0 Å². The van der Waals surface area contributed by atoms with E-state index in [-0.39, 0.29) is 0 Å². The van der Waals surface area contributed by atoms with E-state index in [1.54, 1.807) is 11.3 Å². The number of guanidine groups is 1. The smallest absolute Gasteiger partial charge is 0.191 e. The van der Waals surface area contributed by atoms with Gasteiger partial charge >= 0.3 is 0 Å².